The largest absolute Gasteiger partial charge is 0.324 e. The Bertz CT molecular complexity index is 839. The third kappa shape index (κ3) is 5.53. The molecule has 0 fully saturated rings. The van der Waals surface area contributed by atoms with Crippen LogP contribution in [0, 0.1) is 11.6 Å². The second-order valence-electron chi connectivity index (χ2n) is 5.44. The van der Waals surface area contributed by atoms with Crippen LogP contribution in [0.25, 0.3) is 0 Å². The van der Waals surface area contributed by atoms with E-state index in [-0.39, 0.29) is 25.1 Å². The predicted molar refractivity (Wildman–Crippen MR) is 92.9 cm³/mol. The van der Waals surface area contributed by atoms with Gasteiger partial charge >= 0.3 is 0 Å². The van der Waals surface area contributed by atoms with Crippen molar-refractivity contribution in [2.75, 3.05) is 22.4 Å². The van der Waals surface area contributed by atoms with Crippen molar-refractivity contribution in [3.8, 4) is 0 Å². The first-order chi connectivity index (χ1) is 11.8. The fourth-order valence-electron chi connectivity index (χ4n) is 2.25. The standard InChI is InChI=1S/C17H18F2N2O3S/c1-25(23,24)21(14-10-8-13(18)9-11-14)12-4-7-17(22)20-16-6-3-2-5-15(16)19/h2-3,5-6,8-11H,4,7,12H2,1H3,(H,20,22). The second kappa shape index (κ2) is 8.06. The summed E-state index contributed by atoms with van der Waals surface area (Å²) in [7, 11) is -3.58. The summed E-state index contributed by atoms with van der Waals surface area (Å²) in [4.78, 5) is 11.9. The minimum absolute atomic E-state index is 0.0154. The summed E-state index contributed by atoms with van der Waals surface area (Å²) in [6, 6.07) is 10.8. The number of hydrogen-bond acceptors (Lipinski definition) is 3. The number of sulfonamides is 1. The summed E-state index contributed by atoms with van der Waals surface area (Å²) in [5, 5.41) is 2.44. The predicted octanol–water partition coefficient (Wildman–Crippen LogP) is 3.15. The second-order valence-corrected chi connectivity index (χ2v) is 7.35. The van der Waals surface area contributed by atoms with Gasteiger partial charge < -0.3 is 5.32 Å². The summed E-state index contributed by atoms with van der Waals surface area (Å²) < 4.78 is 51.4. The quantitative estimate of drug-likeness (QED) is 0.816. The van der Waals surface area contributed by atoms with Crippen molar-refractivity contribution in [3.63, 3.8) is 0 Å². The zero-order valence-corrected chi connectivity index (χ0v) is 14.4. The smallest absolute Gasteiger partial charge is 0.232 e. The monoisotopic (exact) mass is 368 g/mol. The number of amides is 1. The number of hydrogen-bond donors (Lipinski definition) is 1. The number of carbonyl (C=O) groups is 1. The molecule has 2 aromatic rings. The van der Waals surface area contributed by atoms with Gasteiger partial charge in [-0.15, -0.1) is 0 Å². The van der Waals surface area contributed by atoms with E-state index in [4.69, 9.17) is 0 Å². The van der Waals surface area contributed by atoms with Crippen LogP contribution in [0.3, 0.4) is 0 Å². The first-order valence-electron chi connectivity index (χ1n) is 7.55. The number of anilines is 2. The maximum atomic E-state index is 13.5. The molecule has 2 rings (SSSR count). The Balaban J connectivity index is 1.96. The van der Waals surface area contributed by atoms with Crippen LogP contribution in [-0.2, 0) is 14.8 Å². The summed E-state index contributed by atoms with van der Waals surface area (Å²) in [6.45, 7) is 0.0508. The van der Waals surface area contributed by atoms with E-state index in [1.54, 1.807) is 6.07 Å². The van der Waals surface area contributed by atoms with Crippen LogP contribution in [0.15, 0.2) is 48.5 Å². The number of benzene rings is 2. The average molecular weight is 368 g/mol. The van der Waals surface area contributed by atoms with E-state index in [2.05, 4.69) is 5.32 Å². The van der Waals surface area contributed by atoms with Crippen molar-refractivity contribution in [2.45, 2.75) is 12.8 Å². The maximum absolute atomic E-state index is 13.5. The molecule has 0 aliphatic heterocycles. The van der Waals surface area contributed by atoms with E-state index in [0.717, 1.165) is 10.6 Å². The fraction of sp³-hybridized carbons (Fsp3) is 0.235. The SMILES string of the molecule is CS(=O)(=O)N(CCCC(=O)Nc1ccccc1F)c1ccc(F)cc1. The number of halogens is 2. The molecule has 0 aromatic heterocycles. The van der Waals surface area contributed by atoms with Gasteiger partial charge in [0.2, 0.25) is 15.9 Å². The van der Waals surface area contributed by atoms with Crippen molar-refractivity contribution < 1.29 is 22.0 Å². The lowest BCUT2D eigenvalue weighted by molar-refractivity contribution is -0.116. The Kier molecular flexibility index (Phi) is 6.08. The van der Waals surface area contributed by atoms with E-state index in [1.807, 2.05) is 0 Å². The summed E-state index contributed by atoms with van der Waals surface area (Å²) in [5.74, 6) is -1.43. The number of para-hydroxylation sites is 1. The molecule has 0 heterocycles. The molecule has 5 nitrogen and oxygen atoms in total. The molecule has 25 heavy (non-hydrogen) atoms. The van der Waals surface area contributed by atoms with Crippen molar-refractivity contribution in [3.05, 3.63) is 60.2 Å². The molecule has 0 aliphatic rings. The number of nitrogens with one attached hydrogen (secondary N) is 1. The number of nitrogens with zero attached hydrogens (tertiary/aromatic N) is 1. The van der Waals surface area contributed by atoms with E-state index in [0.29, 0.717) is 5.69 Å². The van der Waals surface area contributed by atoms with Crippen LogP contribution in [0.4, 0.5) is 20.2 Å². The molecule has 1 N–H and O–H groups in total. The maximum Gasteiger partial charge on any atom is 0.232 e. The number of rotatable bonds is 7. The molecule has 0 radical (unpaired) electrons. The lowest BCUT2D eigenvalue weighted by Gasteiger charge is -2.22. The average Bonchev–Trinajstić information content (AvgIpc) is 2.54. The lowest BCUT2D eigenvalue weighted by atomic mass is 10.2. The van der Waals surface area contributed by atoms with Crippen LogP contribution in [0.5, 0.6) is 0 Å². The van der Waals surface area contributed by atoms with Crippen LogP contribution in [0.1, 0.15) is 12.8 Å². The first-order valence-corrected chi connectivity index (χ1v) is 9.40. The third-order valence-electron chi connectivity index (χ3n) is 3.43. The van der Waals surface area contributed by atoms with Crippen LogP contribution >= 0.6 is 0 Å². The molecule has 0 spiro atoms. The van der Waals surface area contributed by atoms with Gasteiger partial charge in [0, 0.05) is 13.0 Å². The molecular formula is C17H18F2N2O3S. The molecule has 0 saturated carbocycles. The van der Waals surface area contributed by atoms with Gasteiger partial charge in [0.25, 0.3) is 0 Å². The van der Waals surface area contributed by atoms with E-state index < -0.39 is 27.6 Å². The van der Waals surface area contributed by atoms with Gasteiger partial charge in [-0.05, 0) is 42.8 Å². The summed E-state index contributed by atoms with van der Waals surface area (Å²) >= 11 is 0. The van der Waals surface area contributed by atoms with Crippen LogP contribution in [-0.4, -0.2) is 27.1 Å². The molecule has 0 unspecified atom stereocenters. The first kappa shape index (κ1) is 18.9. The van der Waals surface area contributed by atoms with E-state index in [9.17, 15) is 22.0 Å². The highest BCUT2D eigenvalue weighted by Crippen LogP contribution is 2.19. The Morgan fingerprint density at radius 3 is 2.32 bits per heavy atom. The van der Waals surface area contributed by atoms with Gasteiger partial charge in [-0.2, -0.15) is 0 Å². The van der Waals surface area contributed by atoms with Gasteiger partial charge in [0.05, 0.1) is 17.6 Å². The van der Waals surface area contributed by atoms with Crippen molar-refractivity contribution >= 4 is 27.3 Å². The fourth-order valence-corrected chi connectivity index (χ4v) is 3.22. The normalized spacial score (nSPS) is 11.2. The minimum atomic E-state index is -3.58. The van der Waals surface area contributed by atoms with Gasteiger partial charge in [-0.25, -0.2) is 17.2 Å². The van der Waals surface area contributed by atoms with Crippen molar-refractivity contribution in [1.29, 1.82) is 0 Å². The van der Waals surface area contributed by atoms with Crippen LogP contribution < -0.4 is 9.62 Å². The molecular weight excluding hydrogens is 350 g/mol. The molecule has 8 heteroatoms. The highest BCUT2D eigenvalue weighted by atomic mass is 32.2. The molecule has 0 aliphatic carbocycles. The topological polar surface area (TPSA) is 66.5 Å². The minimum Gasteiger partial charge on any atom is -0.324 e. The van der Waals surface area contributed by atoms with Gasteiger partial charge in [0.1, 0.15) is 11.6 Å². The third-order valence-corrected chi connectivity index (χ3v) is 4.62. The molecule has 0 atom stereocenters. The Labute approximate surface area is 145 Å². The van der Waals surface area contributed by atoms with Crippen molar-refractivity contribution in [2.24, 2.45) is 0 Å². The van der Waals surface area contributed by atoms with Gasteiger partial charge in [-0.1, -0.05) is 12.1 Å². The van der Waals surface area contributed by atoms with Gasteiger partial charge in [-0.3, -0.25) is 9.10 Å². The van der Waals surface area contributed by atoms with Crippen molar-refractivity contribution in [1.82, 2.24) is 0 Å². The molecule has 134 valence electrons. The Morgan fingerprint density at radius 1 is 1.08 bits per heavy atom. The van der Waals surface area contributed by atoms with E-state index in [1.165, 1.54) is 42.5 Å². The van der Waals surface area contributed by atoms with E-state index >= 15 is 0 Å². The lowest BCUT2D eigenvalue weighted by Crippen LogP contribution is -2.31. The molecule has 0 saturated heterocycles. The molecule has 0 bridgehead atoms. The Hall–Kier alpha value is -2.48. The summed E-state index contributed by atoms with van der Waals surface area (Å²) in [5.41, 5.74) is 0.393. The highest BCUT2D eigenvalue weighted by Gasteiger charge is 2.17. The zero-order valence-electron chi connectivity index (χ0n) is 13.6. The van der Waals surface area contributed by atoms with Crippen LogP contribution in [0.2, 0.25) is 0 Å². The number of carbonyl (C=O) groups excluding carboxylic acids is 1. The zero-order chi connectivity index (χ0) is 18.4. The Morgan fingerprint density at radius 2 is 1.72 bits per heavy atom. The molecule has 2 aromatic carbocycles. The van der Waals surface area contributed by atoms with Gasteiger partial charge in [0.15, 0.2) is 0 Å². The highest BCUT2D eigenvalue weighted by molar-refractivity contribution is 7.92. The summed E-state index contributed by atoms with van der Waals surface area (Å²) in [6.07, 6.45) is 1.28. The molecule has 1 amide bonds.